The molecule has 1 aromatic carbocycles. The molecule has 0 saturated carbocycles. The van der Waals surface area contributed by atoms with E-state index in [2.05, 4.69) is 21.3 Å². The van der Waals surface area contributed by atoms with Crippen LogP contribution in [0.5, 0.6) is 0 Å². The number of imide groups is 2. The molecule has 0 spiro atoms. The molecule has 0 aliphatic carbocycles. The zero-order valence-electron chi connectivity index (χ0n) is 15.1. The SMILES string of the molecule is CC1(C2CCN(C(=O)Nc3ccc4c(c3)C(=O)NC4=O)CC2)NC(=O)NC1=O. The Hall–Kier alpha value is -3.43. The van der Waals surface area contributed by atoms with Crippen molar-refractivity contribution in [3.05, 3.63) is 29.3 Å². The Morgan fingerprint density at radius 2 is 1.75 bits per heavy atom. The predicted molar refractivity (Wildman–Crippen MR) is 96.6 cm³/mol. The first-order chi connectivity index (χ1) is 13.3. The zero-order chi connectivity index (χ0) is 20.1. The Bertz CT molecular complexity index is 921. The average molecular weight is 385 g/mol. The maximum Gasteiger partial charge on any atom is 0.322 e. The first kappa shape index (κ1) is 18.0. The number of urea groups is 2. The topological polar surface area (TPSA) is 137 Å². The number of hydrogen-bond donors (Lipinski definition) is 4. The van der Waals surface area contributed by atoms with E-state index in [0.717, 1.165) is 0 Å². The maximum absolute atomic E-state index is 12.5. The summed E-state index contributed by atoms with van der Waals surface area (Å²) in [6.07, 6.45) is 1.14. The second-order valence-electron chi connectivity index (χ2n) is 7.35. The zero-order valence-corrected chi connectivity index (χ0v) is 15.1. The van der Waals surface area contributed by atoms with Crippen LogP contribution in [0.1, 0.15) is 40.5 Å². The van der Waals surface area contributed by atoms with E-state index >= 15 is 0 Å². The molecule has 0 radical (unpaired) electrons. The molecule has 2 saturated heterocycles. The van der Waals surface area contributed by atoms with Gasteiger partial charge in [0.1, 0.15) is 5.54 Å². The van der Waals surface area contributed by atoms with Gasteiger partial charge < -0.3 is 15.5 Å². The molecular weight excluding hydrogens is 366 g/mol. The van der Waals surface area contributed by atoms with Crippen LogP contribution in [0.15, 0.2) is 18.2 Å². The van der Waals surface area contributed by atoms with Gasteiger partial charge in [-0.2, -0.15) is 0 Å². The highest BCUT2D eigenvalue weighted by atomic mass is 16.2. The summed E-state index contributed by atoms with van der Waals surface area (Å²) in [5, 5.41) is 9.88. The molecule has 2 fully saturated rings. The van der Waals surface area contributed by atoms with E-state index in [-0.39, 0.29) is 29.0 Å². The van der Waals surface area contributed by atoms with Crippen LogP contribution in [0.2, 0.25) is 0 Å². The quantitative estimate of drug-likeness (QED) is 0.432. The molecule has 4 rings (SSSR count). The average Bonchev–Trinajstić information content (AvgIpc) is 3.10. The van der Waals surface area contributed by atoms with Crippen molar-refractivity contribution in [1.82, 2.24) is 20.9 Å². The number of likely N-dealkylation sites (tertiary alicyclic amines) is 1. The Kier molecular flexibility index (Phi) is 4.06. The number of rotatable bonds is 2. The number of nitrogens with one attached hydrogen (secondary N) is 4. The summed E-state index contributed by atoms with van der Waals surface area (Å²) in [6.45, 7) is 2.56. The molecule has 3 heterocycles. The highest BCUT2D eigenvalue weighted by molar-refractivity contribution is 6.22. The van der Waals surface area contributed by atoms with Crippen LogP contribution in [0.25, 0.3) is 0 Å². The summed E-state index contributed by atoms with van der Waals surface area (Å²) in [6, 6.07) is 3.72. The van der Waals surface area contributed by atoms with Crippen molar-refractivity contribution in [2.45, 2.75) is 25.3 Å². The highest BCUT2D eigenvalue weighted by Gasteiger charge is 2.48. The van der Waals surface area contributed by atoms with Gasteiger partial charge in [-0.25, -0.2) is 9.59 Å². The number of hydrogen-bond acceptors (Lipinski definition) is 5. The van der Waals surface area contributed by atoms with Crippen LogP contribution in [0, 0.1) is 5.92 Å². The van der Waals surface area contributed by atoms with Gasteiger partial charge in [0, 0.05) is 18.8 Å². The lowest BCUT2D eigenvalue weighted by Gasteiger charge is -2.38. The Morgan fingerprint density at radius 3 is 2.39 bits per heavy atom. The molecule has 3 aliphatic heterocycles. The van der Waals surface area contributed by atoms with E-state index in [0.29, 0.717) is 31.6 Å². The molecule has 1 aromatic rings. The fourth-order valence-corrected chi connectivity index (χ4v) is 3.95. The van der Waals surface area contributed by atoms with Crippen molar-refractivity contribution in [2.75, 3.05) is 18.4 Å². The standard InChI is InChI=1S/C18H19N5O5/c1-18(15(26)21-16(27)22-18)9-4-6-23(7-5-9)17(28)19-10-2-3-11-12(8-10)14(25)20-13(11)24/h2-3,8-9H,4-7H2,1H3,(H,19,28)(H,20,24,25)(H2,21,22,26,27). The summed E-state index contributed by atoms with van der Waals surface area (Å²) < 4.78 is 0. The third kappa shape index (κ3) is 2.86. The summed E-state index contributed by atoms with van der Waals surface area (Å²) in [5.41, 5.74) is -0.0176. The molecule has 10 heteroatoms. The molecule has 0 aromatic heterocycles. The van der Waals surface area contributed by atoms with Gasteiger partial charge in [0.05, 0.1) is 11.1 Å². The molecule has 146 valence electrons. The number of anilines is 1. The van der Waals surface area contributed by atoms with Crippen molar-refractivity contribution in [1.29, 1.82) is 0 Å². The monoisotopic (exact) mass is 385 g/mol. The third-order valence-electron chi connectivity index (χ3n) is 5.66. The van der Waals surface area contributed by atoms with Gasteiger partial charge in [0.2, 0.25) is 0 Å². The number of nitrogens with zero attached hydrogens (tertiary/aromatic N) is 1. The predicted octanol–water partition coefficient (Wildman–Crippen LogP) is 0.412. The first-order valence-corrected chi connectivity index (χ1v) is 8.97. The number of amides is 7. The van der Waals surface area contributed by atoms with Gasteiger partial charge in [0.15, 0.2) is 0 Å². The highest BCUT2D eigenvalue weighted by Crippen LogP contribution is 2.31. The normalized spacial score (nSPS) is 24.5. The van der Waals surface area contributed by atoms with Crippen LogP contribution >= 0.6 is 0 Å². The molecule has 1 atom stereocenters. The number of carbonyl (C=O) groups is 5. The molecule has 0 bridgehead atoms. The number of fused-ring (bicyclic) bond motifs is 1. The Balaban J connectivity index is 1.38. The molecule has 4 N–H and O–H groups in total. The Labute approximate surface area is 160 Å². The van der Waals surface area contributed by atoms with Gasteiger partial charge in [-0.3, -0.25) is 25.0 Å². The van der Waals surface area contributed by atoms with Crippen molar-refractivity contribution < 1.29 is 24.0 Å². The fraction of sp³-hybridized carbons (Fsp3) is 0.389. The number of piperidine rings is 1. The maximum atomic E-state index is 12.5. The van der Waals surface area contributed by atoms with Crippen molar-refractivity contribution >= 4 is 35.5 Å². The first-order valence-electron chi connectivity index (χ1n) is 8.97. The van der Waals surface area contributed by atoms with Gasteiger partial charge in [-0.1, -0.05) is 0 Å². The van der Waals surface area contributed by atoms with Crippen molar-refractivity contribution in [3.8, 4) is 0 Å². The van der Waals surface area contributed by atoms with Crippen LogP contribution < -0.4 is 21.3 Å². The van der Waals surface area contributed by atoms with Crippen LogP contribution in [0.4, 0.5) is 15.3 Å². The molecule has 7 amide bonds. The van der Waals surface area contributed by atoms with Crippen molar-refractivity contribution in [3.63, 3.8) is 0 Å². The van der Waals surface area contributed by atoms with Crippen molar-refractivity contribution in [2.24, 2.45) is 5.92 Å². The van der Waals surface area contributed by atoms with Crippen LogP contribution in [-0.2, 0) is 4.79 Å². The molecule has 10 nitrogen and oxygen atoms in total. The molecule has 28 heavy (non-hydrogen) atoms. The fourth-order valence-electron chi connectivity index (χ4n) is 3.95. The summed E-state index contributed by atoms with van der Waals surface area (Å²) >= 11 is 0. The minimum absolute atomic E-state index is 0.0716. The van der Waals surface area contributed by atoms with Crippen LogP contribution in [0.3, 0.4) is 0 Å². The van der Waals surface area contributed by atoms with E-state index in [9.17, 15) is 24.0 Å². The van der Waals surface area contributed by atoms with E-state index in [1.807, 2.05) is 0 Å². The lowest BCUT2D eigenvalue weighted by molar-refractivity contribution is -0.125. The van der Waals surface area contributed by atoms with E-state index < -0.39 is 23.4 Å². The third-order valence-corrected chi connectivity index (χ3v) is 5.66. The van der Waals surface area contributed by atoms with Crippen LogP contribution in [-0.4, -0.2) is 53.3 Å². The Morgan fingerprint density at radius 1 is 1.07 bits per heavy atom. The summed E-state index contributed by atoms with van der Waals surface area (Å²) in [7, 11) is 0. The lowest BCUT2D eigenvalue weighted by atomic mass is 9.79. The van der Waals surface area contributed by atoms with Gasteiger partial charge in [0.25, 0.3) is 17.7 Å². The largest absolute Gasteiger partial charge is 0.325 e. The summed E-state index contributed by atoms with van der Waals surface area (Å²) in [4.78, 5) is 61.0. The lowest BCUT2D eigenvalue weighted by Crippen LogP contribution is -2.54. The van der Waals surface area contributed by atoms with Gasteiger partial charge in [-0.05, 0) is 43.9 Å². The van der Waals surface area contributed by atoms with E-state index in [1.54, 1.807) is 17.9 Å². The molecule has 3 aliphatic rings. The van der Waals surface area contributed by atoms with Gasteiger partial charge in [-0.15, -0.1) is 0 Å². The number of carbonyl (C=O) groups excluding carboxylic acids is 5. The van der Waals surface area contributed by atoms with E-state index in [1.165, 1.54) is 12.1 Å². The minimum Gasteiger partial charge on any atom is -0.325 e. The molecule has 1 unspecified atom stereocenters. The second kappa shape index (κ2) is 6.32. The summed E-state index contributed by atoms with van der Waals surface area (Å²) in [5.74, 6) is -1.34. The molecular formula is C18H19N5O5. The minimum atomic E-state index is -0.959. The van der Waals surface area contributed by atoms with E-state index in [4.69, 9.17) is 0 Å². The smallest absolute Gasteiger partial charge is 0.322 e. The number of benzene rings is 1. The second-order valence-corrected chi connectivity index (χ2v) is 7.35. The van der Waals surface area contributed by atoms with Gasteiger partial charge >= 0.3 is 12.1 Å².